The van der Waals surface area contributed by atoms with E-state index in [2.05, 4.69) is 42.3 Å². The molecule has 46 heavy (non-hydrogen) atoms. The SMILES string of the molecule is CCCCCCCCCCCCCCCCCCC[n+]1ccn(CCCC)c1CCCCCCCCCCCCCCCCCC. The van der Waals surface area contributed by atoms with Crippen molar-refractivity contribution in [2.45, 2.75) is 265 Å². The minimum Gasteiger partial charge on any atom is -0.234 e. The fourth-order valence-electron chi connectivity index (χ4n) is 7.36. The molecule has 0 N–H and O–H groups in total. The fraction of sp³-hybridized carbons (Fsp3) is 0.932. The maximum Gasteiger partial charge on any atom is 0.256 e. The van der Waals surface area contributed by atoms with E-state index in [1.165, 1.54) is 244 Å². The van der Waals surface area contributed by atoms with Gasteiger partial charge in [0.25, 0.3) is 5.82 Å². The number of aryl methyl sites for hydroxylation is 2. The van der Waals surface area contributed by atoms with Gasteiger partial charge in [-0.25, -0.2) is 9.13 Å². The Bertz CT molecular complexity index is 707. The van der Waals surface area contributed by atoms with Gasteiger partial charge >= 0.3 is 0 Å². The first-order chi connectivity index (χ1) is 22.8. The molecule has 272 valence electrons. The van der Waals surface area contributed by atoms with E-state index in [0.29, 0.717) is 0 Å². The van der Waals surface area contributed by atoms with E-state index < -0.39 is 0 Å². The van der Waals surface area contributed by atoms with E-state index in [9.17, 15) is 0 Å². The van der Waals surface area contributed by atoms with Gasteiger partial charge in [0.1, 0.15) is 12.4 Å². The van der Waals surface area contributed by atoms with Crippen LogP contribution in [-0.2, 0) is 19.5 Å². The van der Waals surface area contributed by atoms with Crippen LogP contribution in [0, 0.1) is 0 Å². The molecule has 1 rings (SSSR count). The Morgan fingerprint density at radius 2 is 0.674 bits per heavy atom. The topological polar surface area (TPSA) is 8.81 Å². The van der Waals surface area contributed by atoms with Crippen molar-refractivity contribution in [1.29, 1.82) is 0 Å². The van der Waals surface area contributed by atoms with Crippen molar-refractivity contribution < 1.29 is 4.57 Å². The number of rotatable bonds is 38. The number of hydrogen-bond acceptors (Lipinski definition) is 0. The van der Waals surface area contributed by atoms with E-state index in [1.807, 2.05) is 0 Å². The van der Waals surface area contributed by atoms with Gasteiger partial charge < -0.3 is 0 Å². The van der Waals surface area contributed by atoms with E-state index >= 15 is 0 Å². The van der Waals surface area contributed by atoms with Crippen LogP contribution in [0.25, 0.3) is 0 Å². The lowest BCUT2D eigenvalue weighted by Gasteiger charge is -2.07. The van der Waals surface area contributed by atoms with Crippen LogP contribution in [0.5, 0.6) is 0 Å². The van der Waals surface area contributed by atoms with Crippen LogP contribution in [0.2, 0.25) is 0 Å². The number of unbranched alkanes of at least 4 members (excludes halogenated alkanes) is 32. The molecule has 0 saturated carbocycles. The van der Waals surface area contributed by atoms with Crippen molar-refractivity contribution in [1.82, 2.24) is 4.57 Å². The first-order valence-electron chi connectivity index (χ1n) is 21.9. The summed E-state index contributed by atoms with van der Waals surface area (Å²) in [5.41, 5.74) is 0. The molecule has 0 atom stereocenters. The highest BCUT2D eigenvalue weighted by atomic mass is 15.1. The average molecular weight is 644 g/mol. The fourth-order valence-corrected chi connectivity index (χ4v) is 7.36. The van der Waals surface area contributed by atoms with Crippen molar-refractivity contribution in [3.63, 3.8) is 0 Å². The van der Waals surface area contributed by atoms with E-state index in [1.54, 1.807) is 5.82 Å². The van der Waals surface area contributed by atoms with Gasteiger partial charge in [-0.15, -0.1) is 0 Å². The summed E-state index contributed by atoms with van der Waals surface area (Å²) >= 11 is 0. The minimum absolute atomic E-state index is 1.21. The summed E-state index contributed by atoms with van der Waals surface area (Å²) < 4.78 is 5.20. The van der Waals surface area contributed by atoms with Crippen molar-refractivity contribution in [2.75, 3.05) is 0 Å². The second-order valence-corrected chi connectivity index (χ2v) is 15.2. The zero-order chi connectivity index (χ0) is 33.0. The monoisotopic (exact) mass is 644 g/mol. The summed E-state index contributed by atoms with van der Waals surface area (Å²) in [6, 6.07) is 0. The molecular weight excluding hydrogens is 556 g/mol. The molecule has 0 amide bonds. The Labute approximate surface area is 291 Å². The third kappa shape index (κ3) is 27.2. The summed E-state index contributed by atoms with van der Waals surface area (Å²) in [6.45, 7) is 9.38. The van der Waals surface area contributed by atoms with E-state index in [0.717, 1.165) is 0 Å². The van der Waals surface area contributed by atoms with Crippen LogP contribution in [0.4, 0.5) is 0 Å². The third-order valence-corrected chi connectivity index (χ3v) is 10.6. The molecule has 0 aliphatic heterocycles. The number of nitrogens with zero attached hydrogens (tertiary/aromatic N) is 2. The Morgan fingerprint density at radius 1 is 0.370 bits per heavy atom. The molecule has 0 radical (unpaired) electrons. The summed E-state index contributed by atoms with van der Waals surface area (Å²) in [7, 11) is 0. The summed E-state index contributed by atoms with van der Waals surface area (Å²) in [4.78, 5) is 0. The van der Waals surface area contributed by atoms with Gasteiger partial charge in [-0.3, -0.25) is 0 Å². The molecule has 0 bridgehead atoms. The van der Waals surface area contributed by atoms with Crippen LogP contribution in [0.1, 0.15) is 251 Å². The Morgan fingerprint density at radius 3 is 1.02 bits per heavy atom. The Hall–Kier alpha value is -0.790. The van der Waals surface area contributed by atoms with Crippen molar-refractivity contribution in [3.05, 3.63) is 18.2 Å². The van der Waals surface area contributed by atoms with Crippen LogP contribution >= 0.6 is 0 Å². The predicted octanol–water partition coefficient (Wildman–Crippen LogP) is 15.0. The quantitative estimate of drug-likeness (QED) is 0.0501. The van der Waals surface area contributed by atoms with Gasteiger partial charge in [0, 0.05) is 6.42 Å². The Balaban J connectivity index is 2.03. The zero-order valence-corrected chi connectivity index (χ0v) is 32.4. The molecule has 0 aliphatic rings. The predicted molar refractivity (Wildman–Crippen MR) is 207 cm³/mol. The maximum absolute atomic E-state index is 2.62. The van der Waals surface area contributed by atoms with Gasteiger partial charge in [-0.2, -0.15) is 0 Å². The highest BCUT2D eigenvalue weighted by Gasteiger charge is 2.16. The molecule has 0 aliphatic carbocycles. The first kappa shape index (κ1) is 43.2. The number of hydrogen-bond donors (Lipinski definition) is 0. The lowest BCUT2D eigenvalue weighted by Crippen LogP contribution is -2.37. The smallest absolute Gasteiger partial charge is 0.234 e. The third-order valence-electron chi connectivity index (χ3n) is 10.6. The molecule has 1 heterocycles. The van der Waals surface area contributed by atoms with E-state index in [-0.39, 0.29) is 0 Å². The molecular formula is C44H87N2+. The average Bonchev–Trinajstić information content (AvgIpc) is 3.45. The van der Waals surface area contributed by atoms with Crippen LogP contribution in [0.15, 0.2) is 12.4 Å². The minimum atomic E-state index is 1.21. The molecule has 2 heteroatoms. The second kappa shape index (κ2) is 35.5. The van der Waals surface area contributed by atoms with Gasteiger partial charge in [0.05, 0.1) is 13.1 Å². The molecule has 0 aromatic carbocycles. The summed E-state index contributed by atoms with van der Waals surface area (Å²) in [5.74, 6) is 1.61. The van der Waals surface area contributed by atoms with Crippen LogP contribution < -0.4 is 4.57 Å². The van der Waals surface area contributed by atoms with Crippen molar-refractivity contribution >= 4 is 0 Å². The highest BCUT2D eigenvalue weighted by molar-refractivity contribution is 4.84. The summed E-state index contributed by atoms with van der Waals surface area (Å²) in [6.07, 6.45) is 56.5. The molecule has 1 aromatic rings. The lowest BCUT2D eigenvalue weighted by molar-refractivity contribution is -0.704. The second-order valence-electron chi connectivity index (χ2n) is 15.2. The molecule has 1 aromatic heterocycles. The number of aromatic nitrogens is 2. The molecule has 0 unspecified atom stereocenters. The maximum atomic E-state index is 2.62. The normalized spacial score (nSPS) is 11.6. The summed E-state index contributed by atoms with van der Waals surface area (Å²) in [5, 5.41) is 0. The zero-order valence-electron chi connectivity index (χ0n) is 32.4. The van der Waals surface area contributed by atoms with Gasteiger partial charge in [0.2, 0.25) is 0 Å². The highest BCUT2D eigenvalue weighted by Crippen LogP contribution is 2.16. The number of imidazole rings is 1. The van der Waals surface area contributed by atoms with Crippen LogP contribution in [-0.4, -0.2) is 4.57 Å². The van der Waals surface area contributed by atoms with Crippen molar-refractivity contribution in [3.8, 4) is 0 Å². The van der Waals surface area contributed by atoms with Crippen molar-refractivity contribution in [2.24, 2.45) is 0 Å². The van der Waals surface area contributed by atoms with Crippen LogP contribution in [0.3, 0.4) is 0 Å². The molecule has 0 spiro atoms. The lowest BCUT2D eigenvalue weighted by atomic mass is 10.0. The molecule has 0 saturated heterocycles. The van der Waals surface area contributed by atoms with Gasteiger partial charge in [-0.05, 0) is 25.7 Å². The first-order valence-corrected chi connectivity index (χ1v) is 21.9. The molecule has 2 nitrogen and oxygen atoms in total. The molecule has 0 fully saturated rings. The Kier molecular flexibility index (Phi) is 33.4. The van der Waals surface area contributed by atoms with E-state index in [4.69, 9.17) is 0 Å². The largest absolute Gasteiger partial charge is 0.256 e. The van der Waals surface area contributed by atoms with Gasteiger partial charge in [0.15, 0.2) is 0 Å². The standard InChI is InChI=1S/C44H87N2/c1-4-7-10-12-14-16-18-20-22-24-26-28-30-32-34-36-38-41-46-43-42-45(40-9-6-3)44(46)39-37-35-33-31-29-27-25-23-21-19-17-15-13-11-8-5-2/h42-43H,4-41H2,1-3H3/q+1. The van der Waals surface area contributed by atoms with Gasteiger partial charge in [-0.1, -0.05) is 220 Å².